The van der Waals surface area contributed by atoms with Crippen molar-refractivity contribution in [3.63, 3.8) is 0 Å². The fourth-order valence-corrected chi connectivity index (χ4v) is 5.00. The van der Waals surface area contributed by atoms with Crippen LogP contribution in [0.2, 0.25) is 5.02 Å². The maximum atomic E-state index is 13.0. The number of nitrogens with zero attached hydrogens (tertiary/aromatic N) is 1. The Balaban J connectivity index is 1.72. The smallest absolute Gasteiger partial charge is 0.344 e. The Hall–Kier alpha value is -3.55. The number of esters is 2. The van der Waals surface area contributed by atoms with Crippen LogP contribution in [0.1, 0.15) is 29.8 Å². The third-order valence-electron chi connectivity index (χ3n) is 5.11. The molecule has 0 bridgehead atoms. The number of anilines is 1. The molecule has 0 radical (unpaired) electrons. The summed E-state index contributed by atoms with van der Waals surface area (Å²) in [6, 6.07) is 7.42. The maximum absolute atomic E-state index is 13.0. The van der Waals surface area contributed by atoms with Crippen LogP contribution < -0.4 is 14.8 Å². The standard InChI is InChI=1S/C26H24BrClN2O9S/c1-4-37-22(32)13-39-23-17(27)8-14(9-19(23)36-3)10-20-24(33)30(26(35)40-20)12-21(31)29-15-6-7-18(28)16(11-15)25(34)38-5-2/h6-11H,4-5,12-13H2,1-3H3,(H,29,31)/b20-10-. The molecule has 1 aliphatic rings. The lowest BCUT2D eigenvalue weighted by atomic mass is 10.2. The third-order valence-corrected chi connectivity index (χ3v) is 6.94. The van der Waals surface area contributed by atoms with Gasteiger partial charge in [-0.1, -0.05) is 11.6 Å². The average molecular weight is 656 g/mol. The first-order valence-corrected chi connectivity index (χ1v) is 13.7. The molecule has 14 heteroatoms. The largest absolute Gasteiger partial charge is 0.493 e. The highest BCUT2D eigenvalue weighted by Crippen LogP contribution is 2.39. The van der Waals surface area contributed by atoms with E-state index in [1.54, 1.807) is 26.0 Å². The highest BCUT2D eigenvalue weighted by Gasteiger charge is 2.36. The SMILES string of the molecule is CCOC(=O)COc1c(Br)cc(/C=C2\SC(=O)N(CC(=O)Nc3ccc(Cl)c(C(=O)OCC)c3)C2=O)cc1OC. The zero-order valence-electron chi connectivity index (χ0n) is 21.6. The normalized spacial score (nSPS) is 13.8. The van der Waals surface area contributed by atoms with Crippen molar-refractivity contribution in [1.82, 2.24) is 4.90 Å². The zero-order valence-corrected chi connectivity index (χ0v) is 24.7. The van der Waals surface area contributed by atoms with E-state index in [0.717, 1.165) is 4.90 Å². The zero-order chi connectivity index (χ0) is 29.4. The minimum Gasteiger partial charge on any atom is -0.493 e. The lowest BCUT2D eigenvalue weighted by Crippen LogP contribution is -2.36. The predicted octanol–water partition coefficient (Wildman–Crippen LogP) is 4.90. The number of halogens is 2. The van der Waals surface area contributed by atoms with Crippen molar-refractivity contribution in [2.24, 2.45) is 0 Å². The van der Waals surface area contributed by atoms with Crippen LogP contribution in [-0.2, 0) is 23.9 Å². The van der Waals surface area contributed by atoms with E-state index in [1.165, 1.54) is 31.4 Å². The van der Waals surface area contributed by atoms with Crippen LogP contribution in [0.5, 0.6) is 11.5 Å². The monoisotopic (exact) mass is 654 g/mol. The van der Waals surface area contributed by atoms with E-state index >= 15 is 0 Å². The van der Waals surface area contributed by atoms with Gasteiger partial charge in [0.15, 0.2) is 18.1 Å². The molecule has 3 amide bonds. The third kappa shape index (κ3) is 7.77. The minimum atomic E-state index is -0.661. The minimum absolute atomic E-state index is 0.0642. The average Bonchev–Trinajstić information content (AvgIpc) is 3.16. The van der Waals surface area contributed by atoms with Gasteiger partial charge in [-0.2, -0.15) is 0 Å². The van der Waals surface area contributed by atoms with Gasteiger partial charge in [-0.3, -0.25) is 19.3 Å². The molecule has 3 rings (SSSR count). The van der Waals surface area contributed by atoms with Crippen molar-refractivity contribution >= 4 is 80.0 Å². The van der Waals surface area contributed by atoms with E-state index < -0.39 is 35.5 Å². The quantitative estimate of drug-likeness (QED) is 0.263. The van der Waals surface area contributed by atoms with E-state index in [9.17, 15) is 24.0 Å². The van der Waals surface area contributed by atoms with Crippen molar-refractivity contribution in [3.8, 4) is 11.5 Å². The molecule has 2 aromatic rings. The van der Waals surface area contributed by atoms with E-state index in [1.807, 2.05) is 0 Å². The number of carbonyl (C=O) groups is 5. The first-order valence-electron chi connectivity index (χ1n) is 11.8. The molecule has 1 saturated heterocycles. The van der Waals surface area contributed by atoms with Gasteiger partial charge in [0.1, 0.15) is 6.54 Å². The first-order chi connectivity index (χ1) is 19.1. The number of ether oxygens (including phenoxy) is 4. The Morgan fingerprint density at radius 2 is 1.82 bits per heavy atom. The summed E-state index contributed by atoms with van der Waals surface area (Å²) in [5.74, 6) is -1.99. The second-order valence-corrected chi connectivity index (χ2v) is 10.1. The molecule has 40 heavy (non-hydrogen) atoms. The Morgan fingerprint density at radius 1 is 1.10 bits per heavy atom. The lowest BCUT2D eigenvalue weighted by Gasteiger charge is -2.14. The van der Waals surface area contributed by atoms with Crippen molar-refractivity contribution < 1.29 is 42.9 Å². The maximum Gasteiger partial charge on any atom is 0.344 e. The van der Waals surface area contributed by atoms with E-state index in [2.05, 4.69) is 21.2 Å². The van der Waals surface area contributed by atoms with Crippen LogP contribution in [0, 0.1) is 0 Å². The summed E-state index contributed by atoms with van der Waals surface area (Å²) >= 11 is 10.1. The highest BCUT2D eigenvalue weighted by atomic mass is 79.9. The number of amides is 3. The summed E-state index contributed by atoms with van der Waals surface area (Å²) < 4.78 is 21.1. The Kier molecular flexibility index (Phi) is 11.0. The molecular formula is C26H24BrClN2O9S. The summed E-state index contributed by atoms with van der Waals surface area (Å²) in [5.41, 5.74) is 0.798. The van der Waals surface area contributed by atoms with Gasteiger partial charge in [0, 0.05) is 5.69 Å². The number of hydrogen-bond acceptors (Lipinski definition) is 10. The molecular weight excluding hydrogens is 632 g/mol. The lowest BCUT2D eigenvalue weighted by molar-refractivity contribution is -0.145. The number of rotatable bonds is 11. The number of thioether (sulfide) groups is 1. The van der Waals surface area contributed by atoms with E-state index in [0.29, 0.717) is 21.8 Å². The fourth-order valence-electron chi connectivity index (χ4n) is 3.40. The molecule has 1 fully saturated rings. The number of nitrogens with one attached hydrogen (secondary N) is 1. The van der Waals surface area contributed by atoms with Crippen LogP contribution in [0.4, 0.5) is 10.5 Å². The molecule has 0 aliphatic carbocycles. The number of imide groups is 1. The summed E-state index contributed by atoms with van der Waals surface area (Å²) in [6.07, 6.45) is 1.47. The molecule has 0 saturated carbocycles. The number of benzene rings is 2. The van der Waals surface area contributed by atoms with Crippen molar-refractivity contribution in [2.45, 2.75) is 13.8 Å². The van der Waals surface area contributed by atoms with Gasteiger partial charge in [0.25, 0.3) is 11.1 Å². The Morgan fingerprint density at radius 3 is 2.50 bits per heavy atom. The van der Waals surface area contributed by atoms with Crippen LogP contribution in [-0.4, -0.2) is 67.4 Å². The van der Waals surface area contributed by atoms with Gasteiger partial charge >= 0.3 is 11.9 Å². The summed E-state index contributed by atoms with van der Waals surface area (Å²) in [5, 5.41) is 2.06. The van der Waals surface area contributed by atoms with Gasteiger partial charge < -0.3 is 24.3 Å². The molecule has 11 nitrogen and oxygen atoms in total. The summed E-state index contributed by atoms with van der Waals surface area (Å²) in [4.78, 5) is 62.7. The van der Waals surface area contributed by atoms with Crippen LogP contribution in [0.3, 0.4) is 0 Å². The van der Waals surface area contributed by atoms with Crippen molar-refractivity contribution in [3.05, 3.63) is 55.9 Å². The molecule has 1 N–H and O–H groups in total. The molecule has 0 atom stereocenters. The summed E-state index contributed by atoms with van der Waals surface area (Å²) in [6.45, 7) is 2.81. The van der Waals surface area contributed by atoms with Gasteiger partial charge in [0.2, 0.25) is 5.91 Å². The van der Waals surface area contributed by atoms with Gasteiger partial charge in [-0.15, -0.1) is 0 Å². The van der Waals surface area contributed by atoms with Gasteiger partial charge in [-0.05, 0) is 83.5 Å². The highest BCUT2D eigenvalue weighted by molar-refractivity contribution is 9.10. The number of hydrogen-bond donors (Lipinski definition) is 1. The predicted molar refractivity (Wildman–Crippen MR) is 152 cm³/mol. The van der Waals surface area contributed by atoms with Gasteiger partial charge in [0.05, 0.1) is 40.3 Å². The molecule has 212 valence electrons. The van der Waals surface area contributed by atoms with Crippen LogP contribution >= 0.6 is 39.3 Å². The van der Waals surface area contributed by atoms with Crippen LogP contribution in [0.25, 0.3) is 6.08 Å². The molecule has 1 aliphatic heterocycles. The van der Waals surface area contributed by atoms with Crippen molar-refractivity contribution in [1.29, 1.82) is 0 Å². The summed E-state index contributed by atoms with van der Waals surface area (Å²) in [7, 11) is 1.41. The van der Waals surface area contributed by atoms with E-state index in [4.69, 9.17) is 30.5 Å². The number of methoxy groups -OCH3 is 1. The van der Waals surface area contributed by atoms with E-state index in [-0.39, 0.29) is 52.5 Å². The van der Waals surface area contributed by atoms with Gasteiger partial charge in [-0.25, -0.2) is 9.59 Å². The Bertz CT molecular complexity index is 1380. The molecule has 0 unspecified atom stereocenters. The molecule has 1 heterocycles. The number of carbonyl (C=O) groups excluding carboxylic acids is 5. The van der Waals surface area contributed by atoms with Crippen molar-refractivity contribution in [2.75, 3.05) is 38.8 Å². The molecule has 0 aromatic heterocycles. The van der Waals surface area contributed by atoms with Crippen LogP contribution in [0.15, 0.2) is 39.7 Å². The Labute approximate surface area is 247 Å². The topological polar surface area (TPSA) is 138 Å². The second-order valence-electron chi connectivity index (χ2n) is 7.86. The second kappa shape index (κ2) is 14.2. The fraction of sp³-hybridized carbons (Fsp3) is 0.269. The first kappa shape index (κ1) is 31.0. The molecule has 0 spiro atoms. The molecule has 2 aromatic carbocycles.